The van der Waals surface area contributed by atoms with Crippen molar-refractivity contribution in [2.75, 3.05) is 16.4 Å². The number of hydrogen-bond acceptors (Lipinski definition) is 3. The summed E-state index contributed by atoms with van der Waals surface area (Å²) < 4.78 is 0. The fourth-order valence-corrected chi connectivity index (χ4v) is 1.95. The standard InChI is InChI=1S/C16H17N3O2/c1-10-8-14(6-7-15(10)18-11(2)20)19-16(21)12-4-3-5-13(17)9-12/h3-9H,17H2,1-2H3,(H,18,20)(H,19,21). The molecule has 0 atom stereocenters. The number of rotatable bonds is 3. The van der Waals surface area contributed by atoms with E-state index in [1.54, 1.807) is 42.5 Å². The summed E-state index contributed by atoms with van der Waals surface area (Å²) in [5.74, 6) is -0.358. The molecule has 2 rings (SSSR count). The summed E-state index contributed by atoms with van der Waals surface area (Å²) in [6.45, 7) is 3.32. The third kappa shape index (κ3) is 3.82. The zero-order valence-electron chi connectivity index (χ0n) is 11.9. The van der Waals surface area contributed by atoms with Crippen LogP contribution in [-0.2, 0) is 4.79 Å². The Labute approximate surface area is 123 Å². The van der Waals surface area contributed by atoms with Gasteiger partial charge in [0.25, 0.3) is 5.91 Å². The number of nitrogens with one attached hydrogen (secondary N) is 2. The molecule has 0 bridgehead atoms. The fourth-order valence-electron chi connectivity index (χ4n) is 1.95. The van der Waals surface area contributed by atoms with Crippen molar-refractivity contribution in [3.8, 4) is 0 Å². The Hall–Kier alpha value is -2.82. The van der Waals surface area contributed by atoms with Gasteiger partial charge >= 0.3 is 0 Å². The number of anilines is 3. The van der Waals surface area contributed by atoms with Crippen LogP contribution in [0.5, 0.6) is 0 Å². The van der Waals surface area contributed by atoms with Gasteiger partial charge in [-0.2, -0.15) is 0 Å². The molecule has 0 saturated carbocycles. The minimum absolute atomic E-state index is 0.130. The van der Waals surface area contributed by atoms with Crippen molar-refractivity contribution < 1.29 is 9.59 Å². The van der Waals surface area contributed by atoms with Crippen molar-refractivity contribution in [1.29, 1.82) is 0 Å². The summed E-state index contributed by atoms with van der Waals surface area (Å²) >= 11 is 0. The van der Waals surface area contributed by atoms with Crippen molar-refractivity contribution in [3.63, 3.8) is 0 Å². The molecule has 2 amide bonds. The van der Waals surface area contributed by atoms with Gasteiger partial charge in [0, 0.05) is 29.5 Å². The molecule has 108 valence electrons. The number of aryl methyl sites for hydroxylation is 1. The van der Waals surface area contributed by atoms with Gasteiger partial charge in [-0.1, -0.05) is 6.07 Å². The second-order valence-corrected chi connectivity index (χ2v) is 4.79. The molecule has 0 aliphatic rings. The van der Waals surface area contributed by atoms with Crippen molar-refractivity contribution >= 4 is 28.9 Å². The van der Waals surface area contributed by atoms with Crippen LogP contribution < -0.4 is 16.4 Å². The van der Waals surface area contributed by atoms with Gasteiger partial charge < -0.3 is 16.4 Å². The summed E-state index contributed by atoms with van der Waals surface area (Å²) in [7, 11) is 0. The molecule has 21 heavy (non-hydrogen) atoms. The average molecular weight is 283 g/mol. The van der Waals surface area contributed by atoms with Crippen LogP contribution in [0, 0.1) is 6.92 Å². The lowest BCUT2D eigenvalue weighted by atomic mass is 10.1. The van der Waals surface area contributed by atoms with E-state index in [4.69, 9.17) is 5.73 Å². The second kappa shape index (κ2) is 6.09. The van der Waals surface area contributed by atoms with Gasteiger partial charge in [0.15, 0.2) is 0 Å². The van der Waals surface area contributed by atoms with E-state index >= 15 is 0 Å². The molecule has 0 saturated heterocycles. The zero-order chi connectivity index (χ0) is 15.4. The van der Waals surface area contributed by atoms with Crippen LogP contribution in [0.3, 0.4) is 0 Å². The first-order chi connectivity index (χ1) is 9.95. The van der Waals surface area contributed by atoms with Gasteiger partial charge in [0.05, 0.1) is 0 Å². The summed E-state index contributed by atoms with van der Waals surface area (Å²) in [4.78, 5) is 23.2. The number of nitrogens with two attached hydrogens (primary N) is 1. The van der Waals surface area contributed by atoms with Crippen LogP contribution in [0.1, 0.15) is 22.8 Å². The van der Waals surface area contributed by atoms with Gasteiger partial charge in [-0.3, -0.25) is 9.59 Å². The van der Waals surface area contributed by atoms with Crippen molar-refractivity contribution in [2.24, 2.45) is 0 Å². The van der Waals surface area contributed by atoms with Crippen molar-refractivity contribution in [3.05, 3.63) is 53.6 Å². The number of carbonyl (C=O) groups is 2. The van der Waals surface area contributed by atoms with E-state index in [9.17, 15) is 9.59 Å². The molecule has 2 aromatic carbocycles. The fraction of sp³-hybridized carbons (Fsp3) is 0.125. The quantitative estimate of drug-likeness (QED) is 0.757. The highest BCUT2D eigenvalue weighted by molar-refractivity contribution is 6.05. The Bertz CT molecular complexity index is 696. The average Bonchev–Trinajstić information content (AvgIpc) is 2.41. The first-order valence-electron chi connectivity index (χ1n) is 6.51. The molecule has 0 aromatic heterocycles. The molecule has 0 radical (unpaired) electrons. The van der Waals surface area contributed by atoms with E-state index < -0.39 is 0 Å². The summed E-state index contributed by atoms with van der Waals surface area (Å²) in [5, 5.41) is 5.52. The maximum Gasteiger partial charge on any atom is 0.255 e. The first kappa shape index (κ1) is 14.6. The molecule has 0 aliphatic heterocycles. The van der Waals surface area contributed by atoms with Gasteiger partial charge in [0.2, 0.25) is 5.91 Å². The second-order valence-electron chi connectivity index (χ2n) is 4.79. The van der Waals surface area contributed by atoms with E-state index in [-0.39, 0.29) is 11.8 Å². The molecule has 2 aromatic rings. The van der Waals surface area contributed by atoms with Gasteiger partial charge in [-0.25, -0.2) is 0 Å². The summed E-state index contributed by atoms with van der Waals surface area (Å²) in [5.41, 5.74) is 8.96. The molecule has 4 N–H and O–H groups in total. The predicted molar refractivity (Wildman–Crippen MR) is 84.3 cm³/mol. The molecule has 5 nitrogen and oxygen atoms in total. The van der Waals surface area contributed by atoms with Gasteiger partial charge in [0.1, 0.15) is 0 Å². The maximum atomic E-state index is 12.1. The Kier molecular flexibility index (Phi) is 4.23. The Morgan fingerprint density at radius 3 is 2.43 bits per heavy atom. The van der Waals surface area contributed by atoms with Crippen LogP contribution in [0.15, 0.2) is 42.5 Å². The molecular formula is C16H17N3O2. The smallest absolute Gasteiger partial charge is 0.255 e. The van der Waals surface area contributed by atoms with E-state index in [0.717, 1.165) is 11.3 Å². The van der Waals surface area contributed by atoms with Crippen LogP contribution in [0.4, 0.5) is 17.1 Å². The highest BCUT2D eigenvalue weighted by Gasteiger charge is 2.08. The molecule has 0 heterocycles. The van der Waals surface area contributed by atoms with Gasteiger partial charge in [-0.05, 0) is 48.9 Å². The predicted octanol–water partition coefficient (Wildman–Crippen LogP) is 2.79. The Morgan fingerprint density at radius 2 is 1.81 bits per heavy atom. The lowest BCUT2D eigenvalue weighted by Crippen LogP contribution is -2.13. The molecule has 5 heteroatoms. The first-order valence-corrected chi connectivity index (χ1v) is 6.51. The normalized spacial score (nSPS) is 10.0. The lowest BCUT2D eigenvalue weighted by Gasteiger charge is -2.10. The SMILES string of the molecule is CC(=O)Nc1ccc(NC(=O)c2cccc(N)c2)cc1C. The third-order valence-corrected chi connectivity index (χ3v) is 2.94. The topological polar surface area (TPSA) is 84.2 Å². The number of amides is 2. The van der Waals surface area contributed by atoms with Crippen molar-refractivity contribution in [2.45, 2.75) is 13.8 Å². The lowest BCUT2D eigenvalue weighted by molar-refractivity contribution is -0.114. The van der Waals surface area contributed by atoms with Crippen LogP contribution >= 0.6 is 0 Å². The molecule has 0 spiro atoms. The number of hydrogen-bond donors (Lipinski definition) is 3. The minimum Gasteiger partial charge on any atom is -0.399 e. The van der Waals surface area contributed by atoms with Crippen LogP contribution in [0.2, 0.25) is 0 Å². The zero-order valence-corrected chi connectivity index (χ0v) is 11.9. The summed E-state index contributed by atoms with van der Waals surface area (Å²) in [6.07, 6.45) is 0. The highest BCUT2D eigenvalue weighted by Crippen LogP contribution is 2.20. The minimum atomic E-state index is -0.228. The van der Waals surface area contributed by atoms with E-state index in [1.165, 1.54) is 6.92 Å². The van der Waals surface area contributed by atoms with Gasteiger partial charge in [-0.15, -0.1) is 0 Å². The van der Waals surface area contributed by atoms with Crippen molar-refractivity contribution in [1.82, 2.24) is 0 Å². The summed E-state index contributed by atoms with van der Waals surface area (Å²) in [6, 6.07) is 12.1. The largest absolute Gasteiger partial charge is 0.399 e. The van der Waals surface area contributed by atoms with E-state index in [1.807, 2.05) is 6.92 Å². The molecule has 0 unspecified atom stereocenters. The maximum absolute atomic E-state index is 12.1. The molecular weight excluding hydrogens is 266 g/mol. The van der Waals surface area contributed by atoms with Crippen LogP contribution in [-0.4, -0.2) is 11.8 Å². The monoisotopic (exact) mass is 283 g/mol. The molecule has 0 fully saturated rings. The molecule has 0 aliphatic carbocycles. The van der Waals surface area contributed by atoms with E-state index in [0.29, 0.717) is 16.9 Å². The Morgan fingerprint density at radius 1 is 1.05 bits per heavy atom. The van der Waals surface area contributed by atoms with Crippen LogP contribution in [0.25, 0.3) is 0 Å². The highest BCUT2D eigenvalue weighted by atomic mass is 16.2. The third-order valence-electron chi connectivity index (χ3n) is 2.94. The number of benzene rings is 2. The number of carbonyl (C=O) groups excluding carboxylic acids is 2. The number of nitrogen functional groups attached to an aromatic ring is 1. The Balaban J connectivity index is 2.15. The van der Waals surface area contributed by atoms with E-state index in [2.05, 4.69) is 10.6 Å².